The molecule has 0 spiro atoms. The molecule has 0 N–H and O–H groups in total. The fourth-order valence-electron chi connectivity index (χ4n) is 0.743. The summed E-state index contributed by atoms with van der Waals surface area (Å²) in [5, 5.41) is 0. The third kappa shape index (κ3) is 6.03. The second kappa shape index (κ2) is 7.31. The van der Waals surface area contributed by atoms with E-state index >= 15 is 0 Å². The first-order valence-electron chi connectivity index (χ1n) is 4.71. The SMILES string of the molecule is C/C=C/P(=O)(OCCC)OCCC. The Kier molecular flexibility index (Phi) is 7.25. The Hall–Kier alpha value is -0.110. The third-order valence-electron chi connectivity index (χ3n) is 1.28. The first-order valence-corrected chi connectivity index (χ1v) is 6.32. The number of hydrogen-bond acceptors (Lipinski definition) is 3. The van der Waals surface area contributed by atoms with Crippen molar-refractivity contribution in [2.75, 3.05) is 13.2 Å². The highest BCUT2D eigenvalue weighted by Crippen LogP contribution is 2.49. The van der Waals surface area contributed by atoms with E-state index < -0.39 is 7.60 Å². The van der Waals surface area contributed by atoms with Crippen molar-refractivity contribution in [1.82, 2.24) is 0 Å². The van der Waals surface area contributed by atoms with Gasteiger partial charge in [0.2, 0.25) is 0 Å². The summed E-state index contributed by atoms with van der Waals surface area (Å²) in [4.78, 5) is 0. The van der Waals surface area contributed by atoms with Crippen molar-refractivity contribution in [2.24, 2.45) is 0 Å². The van der Waals surface area contributed by atoms with Gasteiger partial charge in [-0.15, -0.1) is 0 Å². The van der Waals surface area contributed by atoms with Crippen molar-refractivity contribution in [3.05, 3.63) is 11.9 Å². The summed E-state index contributed by atoms with van der Waals surface area (Å²) in [6.07, 6.45) is 3.39. The monoisotopic (exact) mass is 206 g/mol. The molecule has 78 valence electrons. The van der Waals surface area contributed by atoms with E-state index in [-0.39, 0.29) is 0 Å². The van der Waals surface area contributed by atoms with E-state index in [0.717, 1.165) is 12.8 Å². The van der Waals surface area contributed by atoms with Gasteiger partial charge < -0.3 is 9.05 Å². The molecule has 0 atom stereocenters. The van der Waals surface area contributed by atoms with Crippen LogP contribution in [0.15, 0.2) is 11.9 Å². The normalized spacial score (nSPS) is 12.5. The molecular weight excluding hydrogens is 187 g/mol. The summed E-state index contributed by atoms with van der Waals surface area (Å²) in [5.74, 6) is 1.51. The molecule has 3 nitrogen and oxygen atoms in total. The number of hydrogen-bond donors (Lipinski definition) is 0. The number of rotatable bonds is 7. The van der Waals surface area contributed by atoms with Crippen molar-refractivity contribution in [2.45, 2.75) is 33.6 Å². The van der Waals surface area contributed by atoms with Gasteiger partial charge in [-0.3, -0.25) is 4.57 Å². The van der Waals surface area contributed by atoms with Crippen LogP contribution in [0.5, 0.6) is 0 Å². The molecule has 0 bridgehead atoms. The fraction of sp³-hybridized carbons (Fsp3) is 0.778. The Morgan fingerprint density at radius 2 is 1.62 bits per heavy atom. The third-order valence-corrected chi connectivity index (χ3v) is 3.03. The van der Waals surface area contributed by atoms with Crippen LogP contribution in [0.25, 0.3) is 0 Å². The molecule has 0 amide bonds. The lowest BCUT2D eigenvalue weighted by atomic mass is 10.5. The highest BCUT2D eigenvalue weighted by molar-refractivity contribution is 7.57. The Balaban J connectivity index is 4.08. The van der Waals surface area contributed by atoms with Gasteiger partial charge in [-0.05, 0) is 19.8 Å². The molecule has 0 aliphatic rings. The van der Waals surface area contributed by atoms with Gasteiger partial charge in [0.25, 0.3) is 0 Å². The lowest BCUT2D eigenvalue weighted by Gasteiger charge is -2.13. The lowest BCUT2D eigenvalue weighted by molar-refractivity contribution is 0.212. The zero-order valence-electron chi connectivity index (χ0n) is 8.66. The van der Waals surface area contributed by atoms with Crippen molar-refractivity contribution in [3.8, 4) is 0 Å². The molecule has 0 aromatic heterocycles. The van der Waals surface area contributed by atoms with Crippen molar-refractivity contribution in [3.63, 3.8) is 0 Å². The molecule has 0 aliphatic carbocycles. The van der Waals surface area contributed by atoms with E-state index in [4.69, 9.17) is 9.05 Å². The highest BCUT2D eigenvalue weighted by Gasteiger charge is 2.18. The largest absolute Gasteiger partial charge is 0.353 e. The molecule has 4 heteroatoms. The molecule has 0 unspecified atom stereocenters. The van der Waals surface area contributed by atoms with Gasteiger partial charge in [-0.25, -0.2) is 0 Å². The standard InChI is InChI=1S/C9H19O3P/c1-4-7-11-13(10,9-6-3)12-8-5-2/h6,9H,4-5,7-8H2,1-3H3/b9-6+. The second-order valence-corrected chi connectivity index (χ2v) is 4.58. The molecule has 13 heavy (non-hydrogen) atoms. The minimum Gasteiger partial charge on any atom is -0.306 e. The average molecular weight is 206 g/mol. The van der Waals surface area contributed by atoms with Crippen LogP contribution in [0.3, 0.4) is 0 Å². The average Bonchev–Trinajstić information content (AvgIpc) is 2.12. The molecule has 0 aliphatic heterocycles. The number of allylic oxidation sites excluding steroid dienone is 1. The van der Waals surface area contributed by atoms with Crippen LogP contribution >= 0.6 is 7.60 Å². The van der Waals surface area contributed by atoms with E-state index in [9.17, 15) is 4.57 Å². The van der Waals surface area contributed by atoms with Gasteiger partial charge in [0.15, 0.2) is 0 Å². The molecule has 0 saturated heterocycles. The van der Waals surface area contributed by atoms with Crippen LogP contribution in [0.2, 0.25) is 0 Å². The zero-order chi connectivity index (χ0) is 10.2. The van der Waals surface area contributed by atoms with Crippen LogP contribution in [0, 0.1) is 0 Å². The van der Waals surface area contributed by atoms with Gasteiger partial charge in [-0.1, -0.05) is 19.9 Å². The fourth-order valence-corrected chi connectivity index (χ4v) is 2.23. The maximum atomic E-state index is 11.8. The van der Waals surface area contributed by atoms with Crippen molar-refractivity contribution < 1.29 is 13.6 Å². The lowest BCUT2D eigenvalue weighted by Crippen LogP contribution is -1.95. The molecule has 0 fully saturated rings. The van der Waals surface area contributed by atoms with Crippen molar-refractivity contribution in [1.29, 1.82) is 0 Å². The molecule has 0 heterocycles. The van der Waals surface area contributed by atoms with Gasteiger partial charge >= 0.3 is 7.60 Å². The Bertz CT molecular complexity index is 177. The van der Waals surface area contributed by atoms with Crippen LogP contribution in [-0.2, 0) is 13.6 Å². The quantitative estimate of drug-likeness (QED) is 0.597. The van der Waals surface area contributed by atoms with Crippen LogP contribution in [-0.4, -0.2) is 13.2 Å². The predicted octanol–water partition coefficient (Wildman–Crippen LogP) is 3.57. The summed E-state index contributed by atoms with van der Waals surface area (Å²) < 4.78 is 22.1. The summed E-state index contributed by atoms with van der Waals surface area (Å²) >= 11 is 0. The Labute approximate surface area is 80.7 Å². The zero-order valence-corrected chi connectivity index (χ0v) is 9.55. The Morgan fingerprint density at radius 1 is 1.15 bits per heavy atom. The minimum atomic E-state index is -2.93. The Morgan fingerprint density at radius 3 is 1.92 bits per heavy atom. The smallest absolute Gasteiger partial charge is 0.306 e. The van der Waals surface area contributed by atoms with E-state index in [1.165, 1.54) is 5.82 Å². The summed E-state index contributed by atoms with van der Waals surface area (Å²) in [7, 11) is -2.93. The first kappa shape index (κ1) is 12.9. The maximum absolute atomic E-state index is 11.8. The minimum absolute atomic E-state index is 0.478. The second-order valence-electron chi connectivity index (χ2n) is 2.69. The van der Waals surface area contributed by atoms with E-state index in [2.05, 4.69) is 0 Å². The summed E-state index contributed by atoms with van der Waals surface area (Å²) in [6.45, 7) is 6.70. The van der Waals surface area contributed by atoms with Crippen LogP contribution < -0.4 is 0 Å². The molecule has 0 rings (SSSR count). The van der Waals surface area contributed by atoms with Crippen LogP contribution in [0.1, 0.15) is 33.6 Å². The van der Waals surface area contributed by atoms with Gasteiger partial charge in [0.05, 0.1) is 13.2 Å². The molecule has 0 aromatic rings. The maximum Gasteiger partial charge on any atom is 0.353 e. The van der Waals surface area contributed by atoms with E-state index in [1.54, 1.807) is 13.0 Å². The molecule has 0 saturated carbocycles. The highest BCUT2D eigenvalue weighted by atomic mass is 31.2. The predicted molar refractivity (Wildman–Crippen MR) is 54.9 cm³/mol. The van der Waals surface area contributed by atoms with Crippen LogP contribution in [0.4, 0.5) is 0 Å². The molecule has 0 aromatic carbocycles. The summed E-state index contributed by atoms with van der Waals surface area (Å²) in [6, 6.07) is 0. The van der Waals surface area contributed by atoms with E-state index in [1.807, 2.05) is 13.8 Å². The van der Waals surface area contributed by atoms with Gasteiger partial charge in [-0.2, -0.15) is 0 Å². The first-order chi connectivity index (χ1) is 6.18. The topological polar surface area (TPSA) is 35.5 Å². The van der Waals surface area contributed by atoms with Gasteiger partial charge in [0, 0.05) is 5.82 Å². The molecule has 0 radical (unpaired) electrons. The van der Waals surface area contributed by atoms with Gasteiger partial charge in [0.1, 0.15) is 0 Å². The van der Waals surface area contributed by atoms with E-state index in [0.29, 0.717) is 13.2 Å². The molecular formula is C9H19O3P. The summed E-state index contributed by atoms with van der Waals surface area (Å²) in [5.41, 5.74) is 0. The van der Waals surface area contributed by atoms with Crippen molar-refractivity contribution >= 4 is 7.60 Å².